The van der Waals surface area contributed by atoms with Gasteiger partial charge in [-0.05, 0) is 0 Å². The fourth-order valence-electron chi connectivity index (χ4n) is 2.09. The fourth-order valence-corrected chi connectivity index (χ4v) is 2.09. The lowest BCUT2D eigenvalue weighted by Crippen LogP contribution is -2.57. The Morgan fingerprint density at radius 2 is 0.478 bits per heavy atom. The normalized spacial score (nSPS) is 10.6. The minimum Gasteiger partial charge on any atom is -0.358 e. The lowest BCUT2D eigenvalue weighted by molar-refractivity contribution is 1.71. The van der Waals surface area contributed by atoms with Crippen LogP contribution in [0.3, 0.4) is 0 Å². The summed E-state index contributed by atoms with van der Waals surface area (Å²) < 4.78 is 0. The Hall–Kier alpha value is -1.11. The van der Waals surface area contributed by atoms with Gasteiger partial charge in [-0.25, -0.2) is 0 Å². The van der Waals surface area contributed by atoms with Gasteiger partial charge in [0, 0.05) is 11.4 Å². The van der Waals surface area contributed by atoms with Crippen molar-refractivity contribution in [3.05, 3.63) is 0 Å². The van der Waals surface area contributed by atoms with Crippen LogP contribution in [0.2, 0.25) is 0 Å². The van der Waals surface area contributed by atoms with Gasteiger partial charge in [0.25, 0.3) is 0 Å². The monoisotopic (exact) mass is 269 g/mol. The van der Waals surface area contributed by atoms with Crippen molar-refractivity contribution in [1.29, 1.82) is 0 Å². The highest BCUT2D eigenvalue weighted by atomic mass is 14.9. The summed E-state index contributed by atoms with van der Waals surface area (Å²) in [6, 6.07) is 0. The van der Waals surface area contributed by atoms with Gasteiger partial charge in [-0.2, -0.15) is 0 Å². The number of hydrogen-bond acceptors (Lipinski definition) is 1. The Morgan fingerprint density at radius 1 is 0.304 bits per heavy atom. The van der Waals surface area contributed by atoms with E-state index in [1.165, 1.54) is 0 Å². The fraction of sp³-hybridized carbons (Fsp3) is 0. The van der Waals surface area contributed by atoms with Gasteiger partial charge >= 0.3 is 0 Å². The Labute approximate surface area is 150 Å². The molecule has 0 fully saturated rings. The van der Waals surface area contributed by atoms with Gasteiger partial charge in [-0.3, -0.25) is 0 Å². The molecule has 2 rings (SSSR count). The quantitative estimate of drug-likeness (QED) is 0.533. The molecule has 0 unspecified atom stereocenters. The molecule has 0 amide bonds. The molecule has 11 heteroatoms. The van der Waals surface area contributed by atoms with Gasteiger partial charge < -0.3 is 5.32 Å². The highest BCUT2D eigenvalue weighted by Gasteiger charge is 2.14. The first-order valence-electron chi connectivity index (χ1n) is 6.39. The van der Waals surface area contributed by atoms with E-state index in [0.717, 1.165) is 0 Å². The summed E-state index contributed by atoms with van der Waals surface area (Å²) in [4.78, 5) is 0. The third kappa shape index (κ3) is 2.88. The molecule has 2 aromatic rings. The predicted octanol–water partition coefficient (Wildman–Crippen LogP) is -8.63. The smallest absolute Gasteiger partial charge is 0.115 e. The van der Waals surface area contributed by atoms with Crippen molar-refractivity contribution >= 4 is 144 Å². The number of anilines is 2. The van der Waals surface area contributed by atoms with E-state index in [1.54, 1.807) is 0 Å². The van der Waals surface area contributed by atoms with Crippen LogP contribution in [0.4, 0.5) is 11.4 Å². The first-order valence-corrected chi connectivity index (χ1v) is 6.39. The molecule has 0 aromatic heterocycles. The van der Waals surface area contributed by atoms with Gasteiger partial charge in [0.1, 0.15) is 78.5 Å². The summed E-state index contributed by atoms with van der Waals surface area (Å²) in [5.74, 6) is 0. The van der Waals surface area contributed by atoms with Crippen LogP contribution < -0.4 is 59.9 Å². The van der Waals surface area contributed by atoms with Gasteiger partial charge in [0.2, 0.25) is 0 Å². The number of rotatable bonds is 2. The van der Waals surface area contributed by atoms with Crippen molar-refractivity contribution in [2.75, 3.05) is 5.32 Å². The Bertz CT molecular complexity index is 691. The summed E-state index contributed by atoms with van der Waals surface area (Å²) in [5, 5.41) is 2.86. The highest BCUT2D eigenvalue weighted by Crippen LogP contribution is 2.03. The second kappa shape index (κ2) is 6.42. The Morgan fingerprint density at radius 3 is 0.696 bits per heavy atom. The summed E-state index contributed by atoms with van der Waals surface area (Å²) in [6.45, 7) is 0. The zero-order chi connectivity index (χ0) is 17.6. The molecule has 0 saturated carbocycles. The van der Waals surface area contributed by atoms with E-state index >= 15 is 0 Å². The topological polar surface area (TPSA) is 12.0 Å². The average Bonchev–Trinajstić information content (AvgIpc) is 2.54. The second-order valence-electron chi connectivity index (χ2n) is 5.01. The Kier molecular flexibility index (Phi) is 5.09. The standard InChI is InChI=1S/C12HB10N/c13-1-3(15)7(19)11(8(20)4(1)16)23-12-9(21)5(17)2(14)6(18)10(12)22/h23H. The van der Waals surface area contributed by atoms with Crippen molar-refractivity contribution in [1.82, 2.24) is 0 Å². The van der Waals surface area contributed by atoms with E-state index in [-0.39, 0.29) is 66.0 Å². The van der Waals surface area contributed by atoms with Crippen molar-refractivity contribution < 1.29 is 0 Å². The second-order valence-corrected chi connectivity index (χ2v) is 5.01. The van der Waals surface area contributed by atoms with Gasteiger partial charge in [0.15, 0.2) is 0 Å². The molecule has 0 bridgehead atoms. The molecule has 0 aliphatic heterocycles. The third-order valence-electron chi connectivity index (χ3n) is 3.65. The maximum atomic E-state index is 5.94. The number of hydrogen-bond donors (Lipinski definition) is 1. The molecule has 0 heterocycles. The first-order chi connectivity index (χ1) is 10.6. The molecule has 20 radical (unpaired) electrons. The molecule has 0 saturated heterocycles. The maximum absolute atomic E-state index is 5.94. The van der Waals surface area contributed by atoms with Crippen LogP contribution in [0, 0.1) is 0 Å². The van der Waals surface area contributed by atoms with Crippen LogP contribution in [0.5, 0.6) is 0 Å². The van der Waals surface area contributed by atoms with E-state index in [4.69, 9.17) is 78.5 Å². The zero-order valence-electron chi connectivity index (χ0n) is 12.3. The number of nitrogens with one attached hydrogen (secondary N) is 1. The Balaban J connectivity index is 2.71. The van der Waals surface area contributed by atoms with Crippen LogP contribution in [0.1, 0.15) is 0 Å². The molecule has 1 N–H and O–H groups in total. The molecule has 2 aromatic carbocycles. The maximum Gasteiger partial charge on any atom is 0.115 e. The summed E-state index contributed by atoms with van der Waals surface area (Å²) in [7, 11) is 58.4. The van der Waals surface area contributed by atoms with Crippen molar-refractivity contribution in [2.45, 2.75) is 0 Å². The lowest BCUT2D eigenvalue weighted by Gasteiger charge is -2.26. The zero-order valence-corrected chi connectivity index (χ0v) is 12.3. The van der Waals surface area contributed by atoms with Crippen LogP contribution in [-0.4, -0.2) is 78.5 Å². The molecule has 1 nitrogen and oxygen atoms in total. The van der Waals surface area contributed by atoms with Crippen LogP contribution in [-0.2, 0) is 0 Å². The minimum absolute atomic E-state index is 0.0766. The van der Waals surface area contributed by atoms with Crippen LogP contribution >= 0.6 is 0 Å². The summed E-state index contributed by atoms with van der Waals surface area (Å²) in [6.07, 6.45) is 0. The van der Waals surface area contributed by atoms with Gasteiger partial charge in [-0.1, -0.05) is 21.9 Å². The van der Waals surface area contributed by atoms with E-state index in [0.29, 0.717) is 0 Å². The third-order valence-corrected chi connectivity index (χ3v) is 3.65. The van der Waals surface area contributed by atoms with Crippen LogP contribution in [0.15, 0.2) is 0 Å². The molecule has 0 atom stereocenters. The highest BCUT2D eigenvalue weighted by molar-refractivity contribution is 6.70. The lowest BCUT2D eigenvalue weighted by atomic mass is 9.60. The first kappa shape index (κ1) is 18.2. The molecule has 0 spiro atoms. The van der Waals surface area contributed by atoms with Crippen molar-refractivity contribution in [3.8, 4) is 0 Å². The molecule has 0 aliphatic rings. The average molecular weight is 267 g/mol. The van der Waals surface area contributed by atoms with E-state index in [9.17, 15) is 0 Å². The minimum atomic E-state index is 0.0766. The van der Waals surface area contributed by atoms with E-state index in [2.05, 4.69) is 5.32 Å². The number of benzene rings is 2. The van der Waals surface area contributed by atoms with E-state index in [1.807, 2.05) is 0 Å². The molecule has 23 heavy (non-hydrogen) atoms. The van der Waals surface area contributed by atoms with Crippen molar-refractivity contribution in [3.63, 3.8) is 0 Å². The largest absolute Gasteiger partial charge is 0.358 e. The van der Waals surface area contributed by atoms with E-state index < -0.39 is 0 Å². The van der Waals surface area contributed by atoms with Gasteiger partial charge in [0.05, 0.1) is 0 Å². The summed E-state index contributed by atoms with van der Waals surface area (Å²) >= 11 is 0. The molecule has 84 valence electrons. The SMILES string of the molecule is [B]c1c([B])c([B])c(Nc2c([B])c([B])c([B])c([B])c2[B])c([B])c1[B]. The summed E-state index contributed by atoms with van der Waals surface area (Å²) in [5.41, 5.74) is 1.20. The van der Waals surface area contributed by atoms with Crippen LogP contribution in [0.25, 0.3) is 0 Å². The molecular weight excluding hydrogens is 266 g/mol. The van der Waals surface area contributed by atoms with Gasteiger partial charge in [-0.15, -0.1) is 32.8 Å². The molecule has 0 aliphatic carbocycles. The molecular formula is C12HB10N. The van der Waals surface area contributed by atoms with Crippen molar-refractivity contribution in [2.24, 2.45) is 0 Å². The predicted molar refractivity (Wildman–Crippen MR) is 110 cm³/mol.